The molecule has 0 aliphatic carbocycles. The van der Waals surface area contributed by atoms with Crippen molar-refractivity contribution in [3.8, 4) is 0 Å². The smallest absolute Gasteiger partial charge is 0.252 e. The molecule has 0 unspecified atom stereocenters. The second kappa shape index (κ2) is 7.29. The topological polar surface area (TPSA) is 80.7 Å². The first-order valence-electron chi connectivity index (χ1n) is 8.55. The standard InChI is InChI=1S/C21H17N3O3/c25-20(16-10-5-2-6-11-16)22-18-19(15-8-3-1-4-9-15)24(23-21(18)26)14-17-12-7-13-27-17/h1-14,18-19H,(H-,22,23,25,26)/b24-14-/t18-,19-/m0/s1. The summed E-state index contributed by atoms with van der Waals surface area (Å²) in [6, 6.07) is 20.6. The van der Waals surface area contributed by atoms with Crippen molar-refractivity contribution < 1.29 is 19.0 Å². The summed E-state index contributed by atoms with van der Waals surface area (Å²) in [5, 5.41) is 19.5. The molecule has 1 aromatic heterocycles. The molecule has 3 aromatic rings. The third-order valence-corrected chi connectivity index (χ3v) is 4.35. The lowest BCUT2D eigenvalue weighted by atomic mass is 9.99. The molecule has 134 valence electrons. The number of benzene rings is 2. The van der Waals surface area contributed by atoms with Crippen LogP contribution >= 0.6 is 0 Å². The molecule has 1 aliphatic heterocycles. The van der Waals surface area contributed by atoms with Gasteiger partial charge in [0.25, 0.3) is 5.91 Å². The number of hydrogen-bond donors (Lipinski definition) is 1. The minimum atomic E-state index is -0.800. The molecule has 0 saturated carbocycles. The second-order valence-corrected chi connectivity index (χ2v) is 6.14. The van der Waals surface area contributed by atoms with Crippen LogP contribution in [0.2, 0.25) is 0 Å². The monoisotopic (exact) mass is 359 g/mol. The van der Waals surface area contributed by atoms with Crippen LogP contribution in [0.5, 0.6) is 0 Å². The molecule has 1 amide bonds. The minimum absolute atomic E-state index is 0.315. The average molecular weight is 359 g/mol. The van der Waals surface area contributed by atoms with Crippen molar-refractivity contribution in [3.05, 3.63) is 95.9 Å². The molecular weight excluding hydrogens is 342 g/mol. The number of amides is 1. The molecule has 0 saturated heterocycles. The maximum atomic E-state index is 12.6. The molecule has 1 aliphatic rings. The number of furan rings is 1. The minimum Gasteiger partial charge on any atom is -0.856 e. The van der Waals surface area contributed by atoms with Gasteiger partial charge >= 0.3 is 0 Å². The lowest BCUT2D eigenvalue weighted by Crippen LogP contribution is -2.47. The summed E-state index contributed by atoms with van der Waals surface area (Å²) in [6.45, 7) is 0. The van der Waals surface area contributed by atoms with Crippen LogP contribution in [-0.2, 0) is 0 Å². The molecular formula is C21H17N3O3. The van der Waals surface area contributed by atoms with E-state index in [2.05, 4.69) is 10.4 Å². The van der Waals surface area contributed by atoms with Crippen LogP contribution in [-0.4, -0.2) is 28.7 Å². The van der Waals surface area contributed by atoms with E-state index in [9.17, 15) is 9.90 Å². The van der Waals surface area contributed by atoms with E-state index >= 15 is 0 Å². The van der Waals surface area contributed by atoms with E-state index in [1.807, 2.05) is 36.4 Å². The van der Waals surface area contributed by atoms with Crippen LogP contribution in [0.1, 0.15) is 27.7 Å². The molecule has 27 heavy (non-hydrogen) atoms. The molecule has 4 rings (SSSR count). The summed E-state index contributed by atoms with van der Waals surface area (Å²) in [4.78, 5) is 12.6. The Morgan fingerprint density at radius 1 is 1.04 bits per heavy atom. The Morgan fingerprint density at radius 2 is 1.74 bits per heavy atom. The van der Waals surface area contributed by atoms with Crippen molar-refractivity contribution in [1.82, 2.24) is 5.32 Å². The van der Waals surface area contributed by atoms with Gasteiger partial charge in [-0.05, 0) is 29.4 Å². The second-order valence-electron chi connectivity index (χ2n) is 6.14. The van der Waals surface area contributed by atoms with E-state index in [-0.39, 0.29) is 5.91 Å². The van der Waals surface area contributed by atoms with Gasteiger partial charge in [-0.2, -0.15) is 0 Å². The quantitative estimate of drug-likeness (QED) is 0.723. The van der Waals surface area contributed by atoms with Gasteiger partial charge in [-0.15, -0.1) is 0 Å². The first-order chi connectivity index (χ1) is 13.2. The molecule has 6 heteroatoms. The molecule has 2 heterocycles. The zero-order valence-corrected chi connectivity index (χ0v) is 14.4. The van der Waals surface area contributed by atoms with Crippen LogP contribution in [0.4, 0.5) is 0 Å². The largest absolute Gasteiger partial charge is 0.856 e. The zero-order valence-electron chi connectivity index (χ0n) is 14.4. The van der Waals surface area contributed by atoms with Crippen LogP contribution < -0.4 is 10.4 Å². The lowest BCUT2D eigenvalue weighted by Gasteiger charge is -2.20. The average Bonchev–Trinajstić information content (AvgIpc) is 3.32. The summed E-state index contributed by atoms with van der Waals surface area (Å²) in [5.41, 5.74) is 1.36. The van der Waals surface area contributed by atoms with E-state index in [0.29, 0.717) is 11.3 Å². The van der Waals surface area contributed by atoms with Gasteiger partial charge in [0.05, 0.1) is 12.2 Å². The molecule has 0 spiro atoms. The number of rotatable bonds is 4. The van der Waals surface area contributed by atoms with Crippen LogP contribution in [0.3, 0.4) is 0 Å². The number of carbonyl (C=O) groups excluding carboxylic acids is 1. The van der Waals surface area contributed by atoms with Crippen molar-refractivity contribution >= 4 is 18.0 Å². The van der Waals surface area contributed by atoms with E-state index in [4.69, 9.17) is 4.42 Å². The Balaban J connectivity index is 1.69. The van der Waals surface area contributed by atoms with Crippen molar-refractivity contribution in [2.45, 2.75) is 12.1 Å². The molecule has 0 fully saturated rings. The first kappa shape index (κ1) is 16.8. The molecule has 0 radical (unpaired) electrons. The fourth-order valence-electron chi connectivity index (χ4n) is 3.08. The molecule has 6 nitrogen and oxygen atoms in total. The van der Waals surface area contributed by atoms with Crippen LogP contribution in [0.25, 0.3) is 0 Å². The van der Waals surface area contributed by atoms with Crippen molar-refractivity contribution in [2.75, 3.05) is 0 Å². The third kappa shape index (κ3) is 3.50. The Hall–Kier alpha value is -3.67. The van der Waals surface area contributed by atoms with E-state index in [1.165, 1.54) is 0 Å². The Labute approximate surface area is 156 Å². The van der Waals surface area contributed by atoms with Crippen LogP contribution in [0, 0.1) is 0 Å². The van der Waals surface area contributed by atoms with Crippen molar-refractivity contribution in [2.24, 2.45) is 5.10 Å². The van der Waals surface area contributed by atoms with E-state index < -0.39 is 18.0 Å². The maximum Gasteiger partial charge on any atom is 0.252 e. The van der Waals surface area contributed by atoms with Crippen molar-refractivity contribution in [3.63, 3.8) is 0 Å². The highest BCUT2D eigenvalue weighted by Gasteiger charge is 2.41. The number of hydrogen-bond acceptors (Lipinski definition) is 4. The first-order valence-corrected chi connectivity index (χ1v) is 8.55. The highest BCUT2D eigenvalue weighted by atomic mass is 16.3. The predicted molar refractivity (Wildman–Crippen MR) is 98.4 cm³/mol. The SMILES string of the molecule is O=C(N[C@@H]1C([O-])=N/[N+](=C\c2ccco2)[C@H]1c1ccccc1)c1ccccc1. The Bertz CT molecular complexity index is 980. The fourth-order valence-corrected chi connectivity index (χ4v) is 3.08. The highest BCUT2D eigenvalue weighted by molar-refractivity contribution is 5.97. The summed E-state index contributed by atoms with van der Waals surface area (Å²) < 4.78 is 6.89. The van der Waals surface area contributed by atoms with Gasteiger partial charge in [0.2, 0.25) is 12.3 Å². The highest BCUT2D eigenvalue weighted by Crippen LogP contribution is 2.26. The van der Waals surface area contributed by atoms with Gasteiger partial charge in [-0.25, -0.2) is 0 Å². The lowest BCUT2D eigenvalue weighted by molar-refractivity contribution is -0.565. The van der Waals surface area contributed by atoms with Gasteiger partial charge in [0, 0.05) is 11.1 Å². The Morgan fingerprint density at radius 3 is 2.41 bits per heavy atom. The fraction of sp³-hybridized carbons (Fsp3) is 0.0952. The summed E-state index contributed by atoms with van der Waals surface area (Å²) >= 11 is 0. The summed E-state index contributed by atoms with van der Waals surface area (Å²) in [6.07, 6.45) is 3.21. The molecule has 1 N–H and O–H groups in total. The number of hydrazone groups is 1. The van der Waals surface area contributed by atoms with Gasteiger partial charge in [0.1, 0.15) is 6.04 Å². The zero-order chi connectivity index (χ0) is 18.6. The van der Waals surface area contributed by atoms with Crippen LogP contribution in [0.15, 0.2) is 88.6 Å². The van der Waals surface area contributed by atoms with Gasteiger partial charge in [-0.3, -0.25) is 4.79 Å². The van der Waals surface area contributed by atoms with Gasteiger partial charge < -0.3 is 14.8 Å². The van der Waals surface area contributed by atoms with Gasteiger partial charge in [-0.1, -0.05) is 53.2 Å². The van der Waals surface area contributed by atoms with Crippen molar-refractivity contribution in [1.29, 1.82) is 0 Å². The van der Waals surface area contributed by atoms with Gasteiger partial charge in [0.15, 0.2) is 5.76 Å². The maximum absolute atomic E-state index is 12.6. The Kier molecular flexibility index (Phi) is 4.53. The van der Waals surface area contributed by atoms with E-state index in [0.717, 1.165) is 5.56 Å². The van der Waals surface area contributed by atoms with E-state index in [1.54, 1.807) is 53.6 Å². The molecule has 2 atom stereocenters. The number of nitrogens with zero attached hydrogens (tertiary/aromatic N) is 2. The normalized spacial score (nSPS) is 20.4. The summed E-state index contributed by atoms with van der Waals surface area (Å²) in [7, 11) is 0. The predicted octanol–water partition coefficient (Wildman–Crippen LogP) is 1.94. The molecule has 2 aromatic carbocycles. The summed E-state index contributed by atoms with van der Waals surface area (Å²) in [5.74, 6) is -0.150. The number of carbonyl (C=O) groups is 1. The number of nitrogens with one attached hydrogen (secondary N) is 1. The molecule has 0 bridgehead atoms. The third-order valence-electron chi connectivity index (χ3n) is 4.35.